The number of methoxy groups -OCH3 is 1. The number of aryl methyl sites for hydroxylation is 1. The van der Waals surface area contributed by atoms with Crippen LogP contribution in [0.1, 0.15) is 17.0 Å². The molecule has 0 saturated heterocycles. The van der Waals surface area contributed by atoms with E-state index in [0.29, 0.717) is 10.8 Å². The summed E-state index contributed by atoms with van der Waals surface area (Å²) in [6.07, 6.45) is 1.52. The van der Waals surface area contributed by atoms with Gasteiger partial charge in [-0.25, -0.2) is 13.8 Å². The van der Waals surface area contributed by atoms with E-state index >= 15 is 0 Å². The Hall–Kier alpha value is -4.08. The third-order valence-electron chi connectivity index (χ3n) is 5.92. The zero-order valence-corrected chi connectivity index (χ0v) is 22.7. The molecule has 0 atom stereocenters. The van der Waals surface area contributed by atoms with Crippen LogP contribution in [-0.4, -0.2) is 38.8 Å². The second-order valence-corrected chi connectivity index (χ2v) is 10.7. The average molecular weight is 551 g/mol. The first-order valence-corrected chi connectivity index (χ1v) is 13.5. The Kier molecular flexibility index (Phi) is 8.19. The van der Waals surface area contributed by atoms with Crippen LogP contribution in [0.3, 0.4) is 0 Å². The fourth-order valence-corrected chi connectivity index (χ4v) is 5.72. The summed E-state index contributed by atoms with van der Waals surface area (Å²) in [4.78, 5) is 12.9. The van der Waals surface area contributed by atoms with Gasteiger partial charge in [0.25, 0.3) is 15.9 Å². The van der Waals surface area contributed by atoms with E-state index in [2.05, 4.69) is 10.5 Å². The van der Waals surface area contributed by atoms with E-state index in [1.165, 1.54) is 25.5 Å². The van der Waals surface area contributed by atoms with Crippen LogP contribution < -0.4 is 14.5 Å². The molecule has 4 rings (SSSR count). The number of carbonyl (C=O) groups excluding carboxylic acids is 1. The molecule has 8 nitrogen and oxygen atoms in total. The van der Waals surface area contributed by atoms with Crippen LogP contribution in [0.5, 0.6) is 5.75 Å². The Morgan fingerprint density at radius 2 is 1.74 bits per heavy atom. The van der Waals surface area contributed by atoms with Gasteiger partial charge in [0.1, 0.15) is 12.3 Å². The minimum atomic E-state index is -4.05. The predicted octanol–water partition coefficient (Wildman–Crippen LogP) is 5.10. The first kappa shape index (κ1) is 27.0. The molecule has 1 aromatic heterocycles. The summed E-state index contributed by atoms with van der Waals surface area (Å²) in [5, 5.41) is 4.71. The number of ether oxygens (including phenoxy) is 1. The minimum absolute atomic E-state index is 0.0612. The number of anilines is 1. The molecular weight excluding hydrogens is 524 g/mol. The zero-order chi connectivity index (χ0) is 27.3. The molecule has 196 valence electrons. The topological polar surface area (TPSA) is 93.0 Å². The van der Waals surface area contributed by atoms with Crippen LogP contribution in [0.2, 0.25) is 5.02 Å². The molecule has 0 bridgehead atoms. The van der Waals surface area contributed by atoms with Crippen LogP contribution in [0, 0.1) is 13.8 Å². The highest BCUT2D eigenvalue weighted by Gasteiger charge is 2.27. The van der Waals surface area contributed by atoms with Crippen LogP contribution in [-0.2, 0) is 14.8 Å². The minimum Gasteiger partial charge on any atom is -0.497 e. The fraction of sp³-hybridized carbons (Fsp3) is 0.143. The molecule has 4 aromatic rings. The van der Waals surface area contributed by atoms with Gasteiger partial charge in [-0.2, -0.15) is 5.10 Å². The molecule has 10 heteroatoms. The number of hydrazone groups is 1. The van der Waals surface area contributed by atoms with Crippen LogP contribution in [0.4, 0.5) is 5.69 Å². The van der Waals surface area contributed by atoms with E-state index in [4.69, 9.17) is 16.3 Å². The number of nitrogens with zero attached hydrogens (tertiary/aromatic N) is 3. The number of amides is 1. The molecule has 0 fully saturated rings. The summed E-state index contributed by atoms with van der Waals surface area (Å²) in [7, 11) is -2.56. The second-order valence-electron chi connectivity index (χ2n) is 8.43. The molecular formula is C28H27ClN4O4S. The molecule has 0 spiro atoms. The molecule has 1 heterocycles. The smallest absolute Gasteiger partial charge is 0.264 e. The first-order chi connectivity index (χ1) is 18.2. The van der Waals surface area contributed by atoms with Gasteiger partial charge in [0.15, 0.2) is 0 Å². The SMILES string of the molecule is COc1cccc(N(CC(=O)N/N=C\c2cc(C)n(-c3ccccc3Cl)c2C)S(=O)(=O)c2ccccc2)c1. The summed E-state index contributed by atoms with van der Waals surface area (Å²) in [5.74, 6) is -0.147. The maximum atomic E-state index is 13.5. The average Bonchev–Trinajstić information content (AvgIpc) is 3.20. The van der Waals surface area contributed by atoms with Crippen molar-refractivity contribution in [3.05, 3.63) is 107 Å². The highest BCUT2D eigenvalue weighted by atomic mass is 35.5. The number of carbonyl (C=O) groups is 1. The van der Waals surface area contributed by atoms with Crippen molar-refractivity contribution in [2.75, 3.05) is 18.0 Å². The van der Waals surface area contributed by atoms with Gasteiger partial charge in [-0.15, -0.1) is 0 Å². The van der Waals surface area contributed by atoms with Gasteiger partial charge in [-0.05, 0) is 56.3 Å². The lowest BCUT2D eigenvalue weighted by Crippen LogP contribution is -2.39. The highest BCUT2D eigenvalue weighted by Crippen LogP contribution is 2.27. The monoisotopic (exact) mass is 550 g/mol. The van der Waals surface area contributed by atoms with E-state index in [1.54, 1.807) is 42.5 Å². The van der Waals surface area contributed by atoms with E-state index in [1.807, 2.05) is 48.7 Å². The van der Waals surface area contributed by atoms with Gasteiger partial charge in [-0.3, -0.25) is 9.10 Å². The van der Waals surface area contributed by atoms with E-state index in [-0.39, 0.29) is 10.6 Å². The lowest BCUT2D eigenvalue weighted by molar-refractivity contribution is -0.119. The maximum absolute atomic E-state index is 13.5. The Balaban J connectivity index is 1.57. The van der Waals surface area contributed by atoms with Crippen molar-refractivity contribution in [2.24, 2.45) is 5.10 Å². The Labute approximate surface area is 227 Å². The number of aromatic nitrogens is 1. The number of benzene rings is 3. The molecule has 0 aliphatic rings. The third-order valence-corrected chi connectivity index (χ3v) is 8.02. The Morgan fingerprint density at radius 3 is 2.45 bits per heavy atom. The normalized spacial score (nSPS) is 11.5. The lowest BCUT2D eigenvalue weighted by atomic mass is 10.2. The van der Waals surface area contributed by atoms with Gasteiger partial charge < -0.3 is 9.30 Å². The molecule has 0 aliphatic carbocycles. The number of nitrogens with one attached hydrogen (secondary N) is 1. The van der Waals surface area contributed by atoms with E-state index in [0.717, 1.165) is 26.9 Å². The van der Waals surface area contributed by atoms with Crippen molar-refractivity contribution in [2.45, 2.75) is 18.7 Å². The van der Waals surface area contributed by atoms with Crippen molar-refractivity contribution in [3.63, 3.8) is 0 Å². The Bertz CT molecular complexity index is 1580. The van der Waals surface area contributed by atoms with Crippen molar-refractivity contribution in [1.29, 1.82) is 0 Å². The van der Waals surface area contributed by atoms with Crippen molar-refractivity contribution < 1.29 is 17.9 Å². The quantitative estimate of drug-likeness (QED) is 0.232. The lowest BCUT2D eigenvalue weighted by Gasteiger charge is -2.24. The van der Waals surface area contributed by atoms with Crippen LogP contribution in [0.25, 0.3) is 5.69 Å². The number of rotatable bonds is 9. The summed E-state index contributed by atoms with van der Waals surface area (Å²) in [5.41, 5.74) is 6.19. The van der Waals surface area contributed by atoms with Crippen molar-refractivity contribution in [3.8, 4) is 11.4 Å². The summed E-state index contributed by atoms with van der Waals surface area (Å²) < 4.78 is 35.2. The maximum Gasteiger partial charge on any atom is 0.264 e. The van der Waals surface area contributed by atoms with Crippen molar-refractivity contribution >= 4 is 39.4 Å². The summed E-state index contributed by atoms with van der Waals surface area (Å²) >= 11 is 6.38. The third kappa shape index (κ3) is 5.74. The molecule has 1 N–H and O–H groups in total. The van der Waals surface area contributed by atoms with Gasteiger partial charge in [0.05, 0.1) is 34.6 Å². The van der Waals surface area contributed by atoms with Gasteiger partial charge in [0, 0.05) is 23.0 Å². The molecule has 1 amide bonds. The number of hydrogen-bond donors (Lipinski definition) is 1. The number of sulfonamides is 1. The van der Waals surface area contributed by atoms with Gasteiger partial charge >= 0.3 is 0 Å². The highest BCUT2D eigenvalue weighted by molar-refractivity contribution is 7.92. The molecule has 38 heavy (non-hydrogen) atoms. The Morgan fingerprint density at radius 1 is 1.03 bits per heavy atom. The van der Waals surface area contributed by atoms with Gasteiger partial charge in [0.2, 0.25) is 0 Å². The first-order valence-electron chi connectivity index (χ1n) is 11.7. The van der Waals surface area contributed by atoms with Crippen LogP contribution >= 0.6 is 11.6 Å². The van der Waals surface area contributed by atoms with Crippen LogP contribution in [0.15, 0.2) is 94.9 Å². The summed E-state index contributed by atoms with van der Waals surface area (Å²) in [6.45, 7) is 3.39. The second kappa shape index (κ2) is 11.5. The summed E-state index contributed by atoms with van der Waals surface area (Å²) in [6, 6.07) is 23.9. The molecule has 0 unspecified atom stereocenters. The van der Waals surface area contributed by atoms with E-state index < -0.39 is 22.5 Å². The largest absolute Gasteiger partial charge is 0.497 e. The standard InChI is InChI=1S/C28H27ClN4O4S/c1-20-16-22(21(2)33(20)27-15-8-7-14-26(27)29)18-30-31-28(34)19-32(23-10-9-11-24(17-23)37-3)38(35,36)25-12-5-4-6-13-25/h4-18H,19H2,1-3H3,(H,31,34)/b30-18-. The number of hydrogen-bond acceptors (Lipinski definition) is 5. The molecule has 0 saturated carbocycles. The van der Waals surface area contributed by atoms with E-state index in [9.17, 15) is 13.2 Å². The molecule has 3 aromatic carbocycles. The number of para-hydroxylation sites is 1. The fourth-order valence-electron chi connectivity index (χ4n) is 4.06. The predicted molar refractivity (Wildman–Crippen MR) is 150 cm³/mol. The van der Waals surface area contributed by atoms with Crippen molar-refractivity contribution in [1.82, 2.24) is 9.99 Å². The van der Waals surface area contributed by atoms with Gasteiger partial charge in [-0.1, -0.05) is 48.0 Å². The molecule has 0 aliphatic heterocycles. The number of halogens is 1. The molecule has 0 radical (unpaired) electrons. The zero-order valence-electron chi connectivity index (χ0n) is 21.1.